The van der Waals surface area contributed by atoms with E-state index in [2.05, 4.69) is 19.9 Å². The average Bonchev–Trinajstić information content (AvgIpc) is 3.15. The van der Waals surface area contributed by atoms with Gasteiger partial charge in [0.15, 0.2) is 37.2 Å². The molecule has 5 heterocycles. The van der Waals surface area contributed by atoms with Crippen molar-refractivity contribution in [2.24, 2.45) is 34.5 Å². The fraction of sp³-hybridized carbons (Fsp3) is 0.911. The van der Waals surface area contributed by atoms with Crippen molar-refractivity contribution in [3.05, 3.63) is 23.3 Å². The summed E-state index contributed by atoms with van der Waals surface area (Å²) in [6.45, 7) is 12.7. The van der Waals surface area contributed by atoms with E-state index >= 15 is 0 Å². The van der Waals surface area contributed by atoms with Crippen LogP contribution in [0.3, 0.4) is 0 Å². The van der Waals surface area contributed by atoms with Crippen molar-refractivity contribution in [2.45, 2.75) is 272 Å². The Labute approximate surface area is 471 Å². The van der Waals surface area contributed by atoms with Gasteiger partial charge in [-0.25, -0.2) is 0 Å². The van der Waals surface area contributed by atoms with Crippen molar-refractivity contribution in [3.8, 4) is 0 Å². The van der Waals surface area contributed by atoms with Gasteiger partial charge in [0.2, 0.25) is 0 Å². The van der Waals surface area contributed by atoms with E-state index in [-0.39, 0.29) is 41.3 Å². The van der Waals surface area contributed by atoms with E-state index in [1.54, 1.807) is 19.9 Å². The quantitative estimate of drug-likeness (QED) is 0.0591. The molecule has 464 valence electrons. The Balaban J connectivity index is 0.963. The number of carbonyl (C=O) groups excluding carboxylic acids is 1. The lowest BCUT2D eigenvalue weighted by molar-refractivity contribution is -0.398. The summed E-state index contributed by atoms with van der Waals surface area (Å²) in [6.07, 6.45) is -32.8. The largest absolute Gasteiger partial charge is 0.394 e. The van der Waals surface area contributed by atoms with Gasteiger partial charge in [0.1, 0.15) is 97.7 Å². The van der Waals surface area contributed by atoms with Crippen LogP contribution in [0.4, 0.5) is 0 Å². The molecule has 5 saturated heterocycles. The molecule has 0 aromatic heterocycles. The molecule has 33 atom stereocenters. The van der Waals surface area contributed by atoms with Gasteiger partial charge in [0.25, 0.3) is 0 Å². The average molecular weight is 1160 g/mol. The fourth-order valence-electron chi connectivity index (χ4n) is 15.3. The third-order valence-electron chi connectivity index (χ3n) is 19.8. The molecule has 0 unspecified atom stereocenters. The van der Waals surface area contributed by atoms with E-state index in [0.29, 0.717) is 38.5 Å². The van der Waals surface area contributed by atoms with Crippen molar-refractivity contribution < 1.29 is 124 Å². The zero-order valence-electron chi connectivity index (χ0n) is 47.3. The third kappa shape index (κ3) is 12.2. The van der Waals surface area contributed by atoms with Gasteiger partial charge in [-0.1, -0.05) is 31.1 Å². The summed E-state index contributed by atoms with van der Waals surface area (Å²) in [4.78, 5) is 13.1. The summed E-state index contributed by atoms with van der Waals surface area (Å²) in [7, 11) is 0. The minimum absolute atomic E-state index is 0.00816. The molecular weight excluding hydrogens is 1070 g/mol. The number of allylic oxidation sites excluding steroid dienone is 4. The van der Waals surface area contributed by atoms with E-state index in [1.165, 1.54) is 19.4 Å². The number of fused-ring (bicyclic) bond motifs is 5. The summed E-state index contributed by atoms with van der Waals surface area (Å²) in [5.41, 5.74) is 0.0596. The van der Waals surface area contributed by atoms with Crippen molar-refractivity contribution in [2.75, 3.05) is 13.2 Å². The Bertz CT molecular complexity index is 2220. The van der Waals surface area contributed by atoms with Gasteiger partial charge < -0.3 is 119 Å². The molecule has 4 aliphatic carbocycles. The SMILES string of the molecule is CC(C)=CC(=O)C[C@](C)(O)[C@H]1CC[C@H]2[C@@H]3C[C@H](O[C@@H]4O[C@H](C)[C@@H](O)[C@H](O[C@@H]5OC[C@@H](O[C@@H]6O[C@H](CO)[C@@H](O)[C@H](O)[C@H]6O[C@@H]6O[C@H](C)[C@H](O)[C@H](O)[C@H]6O)[C@H](O)[C@H]5O[C@@H]5O[C@H](C)[C@@H](O)[C@H](O)[C@H]5O)[C@H]4O)[C@H]4C[C@@H](O)CC[C@]4(C)C3=CC[C@@]21C. The fourth-order valence-corrected chi connectivity index (χ4v) is 15.3. The molecule has 0 aromatic carbocycles. The number of carbonyl (C=O) groups is 1. The second kappa shape index (κ2) is 24.8. The van der Waals surface area contributed by atoms with Crippen LogP contribution in [-0.4, -0.2) is 256 Å². The summed E-state index contributed by atoms with van der Waals surface area (Å²) in [5, 5.41) is 156. The molecule has 0 radical (unpaired) electrons. The molecule has 0 amide bonds. The van der Waals surface area contributed by atoms with Crippen molar-refractivity contribution in [1.29, 1.82) is 0 Å². The maximum atomic E-state index is 13.1. The lowest BCUT2D eigenvalue weighted by Gasteiger charge is -2.60. The first-order valence-electron chi connectivity index (χ1n) is 28.9. The van der Waals surface area contributed by atoms with Gasteiger partial charge in [-0.15, -0.1) is 0 Å². The summed E-state index contributed by atoms with van der Waals surface area (Å²) < 4.78 is 61.1. The molecule has 9 rings (SSSR count). The van der Waals surface area contributed by atoms with E-state index in [4.69, 9.17) is 47.4 Å². The van der Waals surface area contributed by atoms with Crippen LogP contribution >= 0.6 is 0 Å². The molecule has 81 heavy (non-hydrogen) atoms. The van der Waals surface area contributed by atoms with Gasteiger partial charge in [-0.2, -0.15) is 0 Å². The standard InChI is InChI=1S/C56H90O25/c1-21(2)15-26(59)18-56(8,71)34-10-9-28-27-17-31(30-16-25(58)11-13-54(30,6)29(27)12-14-55(28,34)7)76-51-45(70)46(37(62)24(5)75-51)79-52-47(80-49-43(68)40(65)35(60)22(3)73-49)39(64)33(20-72-52)78-53-48(42(67)38(63)32(19-57)77-53)81-50-44(69)41(66)36(61)23(4)74-50/h12,15,22-25,27-28,30-53,57-58,60-71H,9-11,13-14,16-20H2,1-8H3/t22-,23-,24-,25+,27+,28+,30-,31+,32-,33-,34+,35-,36+,37-,38-,39+,40+,41+,42+,43-,44-,45-,46+,47-,48-,49+,50+,51+,52+,53+,54-,55+,56+/m1/s1. The van der Waals surface area contributed by atoms with Crippen LogP contribution < -0.4 is 0 Å². The maximum absolute atomic E-state index is 13.1. The molecule has 25 nitrogen and oxygen atoms in total. The molecule has 5 aliphatic heterocycles. The Morgan fingerprint density at radius 3 is 1.77 bits per heavy atom. The van der Waals surface area contributed by atoms with Crippen LogP contribution in [0.1, 0.15) is 107 Å². The van der Waals surface area contributed by atoms with Crippen LogP contribution in [0, 0.1) is 34.5 Å². The highest BCUT2D eigenvalue weighted by atomic mass is 16.8. The number of aliphatic hydroxyl groups is 14. The first-order valence-corrected chi connectivity index (χ1v) is 28.9. The predicted octanol–water partition coefficient (Wildman–Crippen LogP) is -2.58. The molecule has 8 fully saturated rings. The molecule has 3 saturated carbocycles. The monoisotopic (exact) mass is 1160 g/mol. The predicted molar refractivity (Wildman–Crippen MR) is 275 cm³/mol. The highest BCUT2D eigenvalue weighted by Crippen LogP contribution is 2.67. The third-order valence-corrected chi connectivity index (χ3v) is 19.8. The van der Waals surface area contributed by atoms with Crippen LogP contribution in [0.25, 0.3) is 0 Å². The zero-order chi connectivity index (χ0) is 59.1. The summed E-state index contributed by atoms with van der Waals surface area (Å²) >= 11 is 0. The number of ether oxygens (including phenoxy) is 10. The van der Waals surface area contributed by atoms with Crippen molar-refractivity contribution in [1.82, 2.24) is 0 Å². The molecule has 0 spiro atoms. The Kier molecular flexibility index (Phi) is 19.5. The number of hydrogen-bond donors (Lipinski definition) is 14. The minimum atomic E-state index is -1.94. The Morgan fingerprint density at radius 1 is 0.617 bits per heavy atom. The van der Waals surface area contributed by atoms with Gasteiger partial charge in [0.05, 0.1) is 49.3 Å². The lowest BCUT2D eigenvalue weighted by Crippen LogP contribution is -2.67. The van der Waals surface area contributed by atoms with Gasteiger partial charge in [0, 0.05) is 6.42 Å². The maximum Gasteiger partial charge on any atom is 0.187 e. The second-order valence-electron chi connectivity index (χ2n) is 25.7. The molecule has 9 aliphatic rings. The van der Waals surface area contributed by atoms with E-state index < -0.39 is 184 Å². The van der Waals surface area contributed by atoms with E-state index in [9.17, 15) is 76.3 Å². The van der Waals surface area contributed by atoms with Crippen LogP contribution in [0.5, 0.6) is 0 Å². The topological polar surface area (TPSA) is 393 Å². The summed E-state index contributed by atoms with van der Waals surface area (Å²) in [5.74, 6) is -0.489. The van der Waals surface area contributed by atoms with Crippen LogP contribution in [0.15, 0.2) is 23.3 Å². The molecule has 0 bridgehead atoms. The Hall–Kier alpha value is -1.81. The zero-order valence-corrected chi connectivity index (χ0v) is 47.3. The molecule has 0 aromatic rings. The molecule has 14 N–H and O–H groups in total. The van der Waals surface area contributed by atoms with E-state index in [1.807, 2.05) is 13.8 Å². The number of ketones is 1. The van der Waals surface area contributed by atoms with Gasteiger partial charge in [-0.3, -0.25) is 4.79 Å². The van der Waals surface area contributed by atoms with Gasteiger partial charge in [-0.05, 0) is 127 Å². The minimum Gasteiger partial charge on any atom is -0.394 e. The van der Waals surface area contributed by atoms with Crippen molar-refractivity contribution >= 4 is 5.78 Å². The number of rotatable bonds is 15. The first-order chi connectivity index (χ1) is 38.0. The highest BCUT2D eigenvalue weighted by Gasteiger charge is 2.63. The molecule has 25 heteroatoms. The molecular formula is C56H90O25. The summed E-state index contributed by atoms with van der Waals surface area (Å²) in [6, 6.07) is 0. The highest BCUT2D eigenvalue weighted by molar-refractivity contribution is 5.90. The van der Waals surface area contributed by atoms with Crippen LogP contribution in [0.2, 0.25) is 0 Å². The van der Waals surface area contributed by atoms with Gasteiger partial charge >= 0.3 is 0 Å². The number of aliphatic hydroxyl groups excluding tert-OH is 13. The second-order valence-corrected chi connectivity index (χ2v) is 25.7. The van der Waals surface area contributed by atoms with Crippen LogP contribution in [-0.2, 0) is 52.2 Å². The number of hydrogen-bond acceptors (Lipinski definition) is 25. The normalized spacial score (nSPS) is 52.8. The lowest BCUT2D eigenvalue weighted by atomic mass is 9.47. The smallest absolute Gasteiger partial charge is 0.187 e. The Morgan fingerprint density at radius 2 is 1.17 bits per heavy atom. The van der Waals surface area contributed by atoms with Crippen molar-refractivity contribution in [3.63, 3.8) is 0 Å². The van der Waals surface area contributed by atoms with E-state index in [0.717, 1.165) is 12.0 Å². The first kappa shape index (κ1) is 63.7.